The third-order valence-corrected chi connectivity index (χ3v) is 4.19. The number of benzene rings is 2. The van der Waals surface area contributed by atoms with E-state index in [-0.39, 0.29) is 6.10 Å². The smallest absolute Gasteiger partial charge is 0.257 e. The molecule has 0 amide bonds. The molecule has 1 unspecified atom stereocenters. The highest BCUT2D eigenvalue weighted by Gasteiger charge is 2.22. The minimum atomic E-state index is -0.147. The van der Waals surface area contributed by atoms with Gasteiger partial charge in [-0.15, -0.1) is 0 Å². The van der Waals surface area contributed by atoms with Crippen LogP contribution in [0.5, 0.6) is 11.6 Å². The van der Waals surface area contributed by atoms with Gasteiger partial charge in [0.15, 0.2) is 11.9 Å². The number of aliphatic imine (C=N–C) groups is 1. The number of methoxy groups -OCH3 is 1. The van der Waals surface area contributed by atoms with E-state index in [1.807, 2.05) is 66.7 Å². The van der Waals surface area contributed by atoms with Crippen molar-refractivity contribution in [3.63, 3.8) is 0 Å². The molecule has 0 N–H and O–H groups in total. The summed E-state index contributed by atoms with van der Waals surface area (Å²) in [5.74, 6) is 1.08. The first kappa shape index (κ1) is 17.2. The molecule has 0 bridgehead atoms. The first-order chi connectivity index (χ1) is 13.3. The highest BCUT2D eigenvalue weighted by molar-refractivity contribution is 6.13. The third kappa shape index (κ3) is 3.99. The Kier molecular flexibility index (Phi) is 5.12. The first-order valence-corrected chi connectivity index (χ1v) is 8.81. The maximum atomic E-state index is 5.92. The van der Waals surface area contributed by atoms with E-state index in [2.05, 4.69) is 4.98 Å². The zero-order valence-corrected chi connectivity index (χ0v) is 15.0. The molecule has 2 heterocycles. The fourth-order valence-corrected chi connectivity index (χ4v) is 2.95. The zero-order valence-electron chi connectivity index (χ0n) is 15.0. The van der Waals surface area contributed by atoms with Gasteiger partial charge in [0.2, 0.25) is 0 Å². The van der Waals surface area contributed by atoms with Crippen LogP contribution in [0.4, 0.5) is 5.69 Å². The molecule has 27 heavy (non-hydrogen) atoms. The third-order valence-electron chi connectivity index (χ3n) is 4.19. The van der Waals surface area contributed by atoms with Gasteiger partial charge in [-0.2, -0.15) is 0 Å². The predicted molar refractivity (Wildman–Crippen MR) is 104 cm³/mol. The minimum Gasteiger partial charge on any atom is -0.479 e. The molecule has 0 fully saturated rings. The number of pyridine rings is 1. The molecule has 136 valence electrons. The van der Waals surface area contributed by atoms with E-state index in [4.69, 9.17) is 19.2 Å². The number of nitrogens with zero attached hydrogens (tertiary/aromatic N) is 2. The van der Waals surface area contributed by atoms with E-state index in [9.17, 15) is 0 Å². The van der Waals surface area contributed by atoms with E-state index < -0.39 is 0 Å². The molecule has 4 rings (SSSR count). The van der Waals surface area contributed by atoms with Gasteiger partial charge in [0.05, 0.1) is 24.2 Å². The monoisotopic (exact) mass is 360 g/mol. The summed E-state index contributed by atoms with van der Waals surface area (Å²) in [6.07, 6.45) is 1.55. The standard InChI is InChI=1S/C22H20N2O3/c1-25-14-19-15-26-22-20(27-19)12-18(13-23-22)24-21(16-8-4-2-5-9-16)17-10-6-3-7-11-17/h2-13,19H,14-15H2,1H3. The summed E-state index contributed by atoms with van der Waals surface area (Å²) in [4.78, 5) is 9.22. The molecule has 1 aliphatic heterocycles. The lowest BCUT2D eigenvalue weighted by molar-refractivity contribution is 0.0246. The second-order valence-electron chi connectivity index (χ2n) is 6.20. The summed E-state index contributed by atoms with van der Waals surface area (Å²) in [7, 11) is 1.64. The molecule has 3 aromatic rings. The topological polar surface area (TPSA) is 52.9 Å². The molecule has 1 aliphatic rings. The Morgan fingerprint density at radius 1 is 1.07 bits per heavy atom. The number of aromatic nitrogens is 1. The van der Waals surface area contributed by atoms with Crippen LogP contribution in [0.1, 0.15) is 11.1 Å². The summed E-state index contributed by atoms with van der Waals surface area (Å²) < 4.78 is 16.7. The van der Waals surface area contributed by atoms with Crippen LogP contribution in [0.25, 0.3) is 0 Å². The van der Waals surface area contributed by atoms with Crippen LogP contribution in [0.3, 0.4) is 0 Å². The Bertz CT molecular complexity index is 885. The average molecular weight is 360 g/mol. The predicted octanol–water partition coefficient (Wildman–Crippen LogP) is 4.04. The normalized spacial score (nSPS) is 15.2. The van der Waals surface area contributed by atoms with E-state index in [0.717, 1.165) is 16.8 Å². The molecule has 5 nitrogen and oxygen atoms in total. The number of fused-ring (bicyclic) bond motifs is 1. The number of hydrogen-bond acceptors (Lipinski definition) is 5. The van der Waals surface area contributed by atoms with E-state index in [1.165, 1.54) is 0 Å². The molecule has 0 saturated heterocycles. The van der Waals surface area contributed by atoms with Crippen molar-refractivity contribution in [1.29, 1.82) is 0 Å². The highest BCUT2D eigenvalue weighted by atomic mass is 16.6. The maximum Gasteiger partial charge on any atom is 0.257 e. The van der Waals surface area contributed by atoms with Crippen molar-refractivity contribution in [1.82, 2.24) is 4.98 Å². The van der Waals surface area contributed by atoms with Crippen molar-refractivity contribution in [3.8, 4) is 11.6 Å². The molecular formula is C22H20N2O3. The van der Waals surface area contributed by atoms with Crippen molar-refractivity contribution in [3.05, 3.63) is 84.1 Å². The Hall–Kier alpha value is -3.18. The summed E-state index contributed by atoms with van der Waals surface area (Å²) in [5.41, 5.74) is 3.66. The van der Waals surface area contributed by atoms with Crippen LogP contribution < -0.4 is 9.47 Å². The van der Waals surface area contributed by atoms with Crippen molar-refractivity contribution in [2.24, 2.45) is 4.99 Å². The summed E-state index contributed by atoms with van der Waals surface area (Å²) in [5, 5.41) is 0. The van der Waals surface area contributed by atoms with Gasteiger partial charge in [-0.05, 0) is 0 Å². The summed E-state index contributed by atoms with van der Waals surface area (Å²) >= 11 is 0. The average Bonchev–Trinajstić information content (AvgIpc) is 2.73. The molecule has 0 spiro atoms. The molecule has 1 atom stereocenters. The highest BCUT2D eigenvalue weighted by Crippen LogP contribution is 2.33. The first-order valence-electron chi connectivity index (χ1n) is 8.81. The molecule has 0 saturated carbocycles. The van der Waals surface area contributed by atoms with Gasteiger partial charge < -0.3 is 14.2 Å². The van der Waals surface area contributed by atoms with Crippen molar-refractivity contribution < 1.29 is 14.2 Å². The van der Waals surface area contributed by atoms with Gasteiger partial charge in [-0.1, -0.05) is 60.7 Å². The lowest BCUT2D eigenvalue weighted by Gasteiger charge is -2.25. The molecule has 0 aliphatic carbocycles. The van der Waals surface area contributed by atoms with E-state index >= 15 is 0 Å². The number of rotatable bonds is 5. The van der Waals surface area contributed by atoms with Gasteiger partial charge in [0.1, 0.15) is 6.61 Å². The van der Waals surface area contributed by atoms with Gasteiger partial charge >= 0.3 is 0 Å². The van der Waals surface area contributed by atoms with Crippen LogP contribution in [-0.4, -0.2) is 37.1 Å². The van der Waals surface area contributed by atoms with Crippen LogP contribution in [0.15, 0.2) is 77.9 Å². The molecule has 1 aromatic heterocycles. The second-order valence-corrected chi connectivity index (χ2v) is 6.20. The van der Waals surface area contributed by atoms with Gasteiger partial charge in [0.25, 0.3) is 5.88 Å². The Morgan fingerprint density at radius 2 is 1.74 bits per heavy atom. The van der Waals surface area contributed by atoms with Crippen LogP contribution in [0.2, 0.25) is 0 Å². The second kappa shape index (κ2) is 8.01. The van der Waals surface area contributed by atoms with Gasteiger partial charge in [-0.3, -0.25) is 0 Å². The fourth-order valence-electron chi connectivity index (χ4n) is 2.95. The lowest BCUT2D eigenvalue weighted by Crippen LogP contribution is -2.33. The SMILES string of the molecule is COCC1COc2ncc(N=C(c3ccccc3)c3ccccc3)cc2O1. The Labute approximate surface area is 158 Å². The number of hydrogen-bond donors (Lipinski definition) is 0. The van der Waals surface area contributed by atoms with Crippen LogP contribution in [-0.2, 0) is 4.74 Å². The van der Waals surface area contributed by atoms with Crippen molar-refractivity contribution in [2.45, 2.75) is 6.10 Å². The zero-order chi connectivity index (χ0) is 18.5. The largest absolute Gasteiger partial charge is 0.479 e. The fraction of sp³-hybridized carbons (Fsp3) is 0.182. The molecule has 2 aromatic carbocycles. The minimum absolute atomic E-state index is 0.147. The summed E-state index contributed by atoms with van der Waals surface area (Å²) in [6.45, 7) is 0.891. The van der Waals surface area contributed by atoms with Gasteiger partial charge in [-0.25, -0.2) is 9.98 Å². The van der Waals surface area contributed by atoms with Gasteiger partial charge in [0, 0.05) is 24.3 Å². The summed E-state index contributed by atoms with van der Waals surface area (Å²) in [6, 6.07) is 22.1. The van der Waals surface area contributed by atoms with E-state index in [0.29, 0.717) is 30.5 Å². The molecular weight excluding hydrogens is 340 g/mol. The quantitative estimate of drug-likeness (QED) is 0.645. The van der Waals surface area contributed by atoms with E-state index in [1.54, 1.807) is 13.3 Å². The number of ether oxygens (including phenoxy) is 3. The van der Waals surface area contributed by atoms with Crippen LogP contribution in [0, 0.1) is 0 Å². The Balaban J connectivity index is 1.72. The van der Waals surface area contributed by atoms with Crippen molar-refractivity contribution in [2.75, 3.05) is 20.3 Å². The Morgan fingerprint density at radius 3 is 2.37 bits per heavy atom. The van der Waals surface area contributed by atoms with Crippen molar-refractivity contribution >= 4 is 11.4 Å². The molecule has 5 heteroatoms. The molecule has 0 radical (unpaired) electrons. The van der Waals surface area contributed by atoms with Crippen LogP contribution >= 0.6 is 0 Å². The maximum absolute atomic E-state index is 5.92. The lowest BCUT2D eigenvalue weighted by atomic mass is 10.0.